The van der Waals surface area contributed by atoms with Crippen LogP contribution in [0.2, 0.25) is 0 Å². The molecule has 0 aliphatic heterocycles. The molecule has 0 aliphatic carbocycles. The minimum absolute atomic E-state index is 1.19. The fourth-order valence-corrected chi connectivity index (χ4v) is 0. The molecule has 4 heteroatoms. The lowest BCUT2D eigenvalue weighted by atomic mass is 11.0. The Kier molecular flexibility index (Phi) is 1.26. The fraction of sp³-hybridized carbons (Fsp3) is 0. The largest absolute Gasteiger partial charge is 0.412 e. The van der Waals surface area contributed by atoms with Gasteiger partial charge in [0.15, 0.2) is 0 Å². The van der Waals surface area contributed by atoms with E-state index in [1.165, 1.54) is 0 Å². The molecule has 0 atom stereocenters. The van der Waals surface area contributed by atoms with Crippen LogP contribution in [-0.2, 0) is 0 Å². The molecule has 0 heterocycles. The second-order valence-electron chi connectivity index (χ2n) is 0.633. The molecule has 0 amide bonds. The number of nitro groups is 1. The standard InChI is InChI=1S/C2H2FNO2/c1-2(3)4(5)6/h1H2. The average Bonchev–Trinajstić information content (AvgIpc) is 1.36. The zero-order valence-electron chi connectivity index (χ0n) is 2.85. The Morgan fingerprint density at radius 1 is 2.00 bits per heavy atom. The van der Waals surface area contributed by atoms with E-state index in [-0.39, 0.29) is 0 Å². The van der Waals surface area contributed by atoms with E-state index in [4.69, 9.17) is 10.1 Å². The molecule has 0 saturated carbocycles. The summed E-state index contributed by atoms with van der Waals surface area (Å²) in [7, 11) is 0. The van der Waals surface area contributed by atoms with E-state index >= 15 is 0 Å². The first kappa shape index (κ1) is 5.07. The molecule has 0 bridgehead atoms. The Morgan fingerprint density at radius 3 is 2.17 bits per heavy atom. The fourth-order valence-electron chi connectivity index (χ4n) is 0. The van der Waals surface area contributed by atoms with Crippen molar-refractivity contribution in [1.82, 2.24) is 0 Å². The zero-order chi connectivity index (χ0) is 5.15. The molecular weight excluding hydrogens is 89.0 g/mol. The first-order valence-electron chi connectivity index (χ1n) is 1.13. The molecule has 0 fully saturated rings. The summed E-state index contributed by atoms with van der Waals surface area (Å²) in [5.41, 5.74) is 0. The number of hydrogen-bond acceptors (Lipinski definition) is 2. The summed E-state index contributed by atoms with van der Waals surface area (Å²) in [5, 5.41) is 9.03. The Labute approximate surface area is 33.2 Å². The predicted octanol–water partition coefficient (Wildman–Crippen LogP) is 0.704. The summed E-state index contributed by atoms with van der Waals surface area (Å²) in [6.45, 7) is 2.39. The van der Waals surface area contributed by atoms with E-state index in [0.29, 0.717) is 0 Å². The predicted molar refractivity (Wildman–Crippen MR) is 17.2 cm³/mol. The van der Waals surface area contributed by atoms with E-state index in [9.17, 15) is 4.39 Å². The van der Waals surface area contributed by atoms with Crippen molar-refractivity contribution < 1.29 is 9.31 Å². The third-order valence-corrected chi connectivity index (χ3v) is 0.198. The minimum Gasteiger partial charge on any atom is -0.256 e. The average molecular weight is 91.0 g/mol. The second kappa shape index (κ2) is 1.49. The second-order valence-corrected chi connectivity index (χ2v) is 0.633. The first-order chi connectivity index (χ1) is 2.64. The van der Waals surface area contributed by atoms with Crippen LogP contribution >= 0.6 is 0 Å². The van der Waals surface area contributed by atoms with Crippen molar-refractivity contribution in [3.63, 3.8) is 0 Å². The van der Waals surface area contributed by atoms with Crippen molar-refractivity contribution in [2.45, 2.75) is 0 Å². The van der Waals surface area contributed by atoms with Crippen LogP contribution in [0.5, 0.6) is 0 Å². The van der Waals surface area contributed by atoms with Gasteiger partial charge in [-0.25, -0.2) is 0 Å². The molecule has 6 heavy (non-hydrogen) atoms. The molecule has 0 aliphatic rings. The van der Waals surface area contributed by atoms with Gasteiger partial charge in [0.2, 0.25) is 0 Å². The number of hydrogen-bond donors (Lipinski definition) is 0. The van der Waals surface area contributed by atoms with Crippen molar-refractivity contribution in [1.29, 1.82) is 0 Å². The van der Waals surface area contributed by atoms with E-state index in [1.54, 1.807) is 0 Å². The van der Waals surface area contributed by atoms with Crippen molar-refractivity contribution >= 4 is 0 Å². The van der Waals surface area contributed by atoms with Gasteiger partial charge in [-0.1, -0.05) is 0 Å². The Morgan fingerprint density at radius 2 is 2.17 bits per heavy atom. The van der Waals surface area contributed by atoms with Crippen LogP contribution in [0, 0.1) is 10.1 Å². The van der Waals surface area contributed by atoms with Gasteiger partial charge in [-0.3, -0.25) is 10.1 Å². The number of halogens is 1. The van der Waals surface area contributed by atoms with Gasteiger partial charge in [-0.05, 0) is 0 Å². The third-order valence-electron chi connectivity index (χ3n) is 0.198. The van der Waals surface area contributed by atoms with Crippen LogP contribution in [0.25, 0.3) is 0 Å². The highest BCUT2D eigenvalue weighted by Crippen LogP contribution is 1.87. The van der Waals surface area contributed by atoms with Gasteiger partial charge in [0, 0.05) is 6.58 Å². The number of nitrogens with zero attached hydrogens (tertiary/aromatic N) is 1. The lowest BCUT2D eigenvalue weighted by Gasteiger charge is -1.73. The van der Waals surface area contributed by atoms with Crippen molar-refractivity contribution in [2.24, 2.45) is 0 Å². The summed E-state index contributed by atoms with van der Waals surface area (Å²) in [4.78, 5) is 7.84. The highest BCUT2D eigenvalue weighted by Gasteiger charge is 1.97. The van der Waals surface area contributed by atoms with Crippen LogP contribution in [0.1, 0.15) is 0 Å². The molecular formula is C2H2FNO2. The molecule has 0 saturated heterocycles. The van der Waals surface area contributed by atoms with Crippen molar-refractivity contribution in [3.05, 3.63) is 22.6 Å². The molecule has 0 rings (SSSR count). The Bertz CT molecular complexity index is 77.5. The van der Waals surface area contributed by atoms with Gasteiger partial charge in [0.1, 0.15) is 0 Å². The molecule has 0 aromatic carbocycles. The van der Waals surface area contributed by atoms with Gasteiger partial charge in [0.25, 0.3) is 0 Å². The van der Waals surface area contributed by atoms with Crippen LogP contribution < -0.4 is 0 Å². The van der Waals surface area contributed by atoms with Crippen LogP contribution in [0.4, 0.5) is 4.39 Å². The SMILES string of the molecule is C=C(F)[N+](=O)[O-]. The topological polar surface area (TPSA) is 43.1 Å². The monoisotopic (exact) mass is 91.0 g/mol. The maximum Gasteiger partial charge on any atom is 0.412 e. The summed E-state index contributed by atoms with van der Waals surface area (Å²) < 4.78 is 10.9. The van der Waals surface area contributed by atoms with Crippen LogP contribution in [-0.4, -0.2) is 4.92 Å². The van der Waals surface area contributed by atoms with E-state index < -0.39 is 10.9 Å². The normalized spacial score (nSPS) is 7.50. The minimum atomic E-state index is -1.52. The van der Waals surface area contributed by atoms with E-state index in [0.717, 1.165) is 0 Å². The van der Waals surface area contributed by atoms with Gasteiger partial charge in [0.05, 0.1) is 4.92 Å². The summed E-state index contributed by atoms with van der Waals surface area (Å²) >= 11 is 0. The molecule has 0 radical (unpaired) electrons. The molecule has 0 unspecified atom stereocenters. The highest BCUT2D eigenvalue weighted by molar-refractivity contribution is 4.59. The molecule has 34 valence electrons. The molecule has 0 spiro atoms. The summed E-state index contributed by atoms with van der Waals surface area (Å²) in [5.74, 6) is -1.52. The first-order valence-corrected chi connectivity index (χ1v) is 1.13. The molecule has 0 aromatic rings. The third kappa shape index (κ3) is 1.40. The lowest BCUT2D eigenvalue weighted by Crippen LogP contribution is -1.87. The maximum atomic E-state index is 10.9. The van der Waals surface area contributed by atoms with Crippen LogP contribution in [0.3, 0.4) is 0 Å². The van der Waals surface area contributed by atoms with Crippen molar-refractivity contribution in [2.75, 3.05) is 0 Å². The van der Waals surface area contributed by atoms with E-state index in [2.05, 4.69) is 6.58 Å². The van der Waals surface area contributed by atoms with Gasteiger partial charge >= 0.3 is 5.95 Å². The van der Waals surface area contributed by atoms with E-state index in [1.807, 2.05) is 0 Å². The smallest absolute Gasteiger partial charge is 0.256 e. The number of rotatable bonds is 1. The van der Waals surface area contributed by atoms with Gasteiger partial charge in [-0.15, -0.1) is 4.39 Å². The maximum absolute atomic E-state index is 10.9. The van der Waals surface area contributed by atoms with Crippen LogP contribution in [0.15, 0.2) is 12.5 Å². The Hall–Kier alpha value is -0.930. The van der Waals surface area contributed by atoms with Gasteiger partial charge in [-0.2, -0.15) is 0 Å². The zero-order valence-corrected chi connectivity index (χ0v) is 2.85. The van der Waals surface area contributed by atoms with Gasteiger partial charge < -0.3 is 0 Å². The highest BCUT2D eigenvalue weighted by atomic mass is 19.1. The molecule has 0 aromatic heterocycles. The summed E-state index contributed by atoms with van der Waals surface area (Å²) in [6, 6.07) is 0. The molecule has 0 N–H and O–H groups in total. The lowest BCUT2D eigenvalue weighted by molar-refractivity contribution is -0.446. The molecule has 3 nitrogen and oxygen atoms in total. The van der Waals surface area contributed by atoms with Crippen molar-refractivity contribution in [3.8, 4) is 0 Å². The Balaban J connectivity index is 3.57. The summed E-state index contributed by atoms with van der Waals surface area (Å²) in [6.07, 6.45) is 0. The quantitative estimate of drug-likeness (QED) is 0.271.